The standard InChI is InChI=1S/C28H31FN4O3S2/c1-19(2)16-32(17-20(3)4)38(35,36)23-12-10-22(11-13-23)27(34)33(18-21-7-6-14-30-15-21)28-31-26-24(29)8-5-9-25(26)37-28/h5-15,19-20H,16-18H2,1-4H3. The summed E-state index contributed by atoms with van der Waals surface area (Å²) >= 11 is 1.22. The Morgan fingerprint density at radius 1 is 0.974 bits per heavy atom. The van der Waals surface area contributed by atoms with Crippen molar-refractivity contribution in [2.45, 2.75) is 39.1 Å². The third-order valence-electron chi connectivity index (χ3n) is 5.77. The Labute approximate surface area is 227 Å². The lowest BCUT2D eigenvalue weighted by Crippen LogP contribution is -2.37. The Morgan fingerprint density at radius 2 is 1.66 bits per heavy atom. The van der Waals surface area contributed by atoms with Gasteiger partial charge in [0.15, 0.2) is 5.13 Å². The number of hydrogen-bond acceptors (Lipinski definition) is 6. The molecule has 2 aromatic carbocycles. The van der Waals surface area contributed by atoms with E-state index in [-0.39, 0.29) is 34.7 Å². The van der Waals surface area contributed by atoms with E-state index < -0.39 is 15.8 Å². The number of benzene rings is 2. The Balaban J connectivity index is 1.67. The van der Waals surface area contributed by atoms with E-state index in [9.17, 15) is 17.6 Å². The van der Waals surface area contributed by atoms with Crippen LogP contribution in [0.3, 0.4) is 0 Å². The molecular formula is C28H31FN4O3S2. The van der Waals surface area contributed by atoms with E-state index in [1.54, 1.807) is 30.6 Å². The highest BCUT2D eigenvalue weighted by molar-refractivity contribution is 7.89. The summed E-state index contributed by atoms with van der Waals surface area (Å²) in [4.78, 5) is 23.9. The van der Waals surface area contributed by atoms with E-state index >= 15 is 0 Å². The second-order valence-corrected chi connectivity index (χ2v) is 12.9. The summed E-state index contributed by atoms with van der Waals surface area (Å²) in [6.45, 7) is 8.92. The van der Waals surface area contributed by atoms with Crippen molar-refractivity contribution < 1.29 is 17.6 Å². The van der Waals surface area contributed by atoms with Crippen molar-refractivity contribution in [2.75, 3.05) is 18.0 Å². The van der Waals surface area contributed by atoms with E-state index in [2.05, 4.69) is 9.97 Å². The van der Waals surface area contributed by atoms with Gasteiger partial charge in [-0.3, -0.25) is 14.7 Å². The van der Waals surface area contributed by atoms with Crippen molar-refractivity contribution in [3.8, 4) is 0 Å². The third-order valence-corrected chi connectivity index (χ3v) is 8.66. The fraction of sp³-hybridized carbons (Fsp3) is 0.321. The summed E-state index contributed by atoms with van der Waals surface area (Å²) in [7, 11) is -3.73. The normalized spacial score (nSPS) is 12.1. The maximum atomic E-state index is 14.4. The van der Waals surface area contributed by atoms with Crippen LogP contribution in [-0.2, 0) is 16.6 Å². The molecule has 0 spiro atoms. The van der Waals surface area contributed by atoms with E-state index in [0.717, 1.165) is 5.56 Å². The van der Waals surface area contributed by atoms with Crippen LogP contribution in [0, 0.1) is 17.7 Å². The number of hydrogen-bond donors (Lipinski definition) is 0. The second kappa shape index (κ2) is 11.7. The molecule has 200 valence electrons. The summed E-state index contributed by atoms with van der Waals surface area (Å²) in [6.07, 6.45) is 3.30. The van der Waals surface area contributed by atoms with Gasteiger partial charge in [-0.05, 0) is 59.9 Å². The third kappa shape index (κ3) is 6.25. The number of aromatic nitrogens is 2. The first kappa shape index (κ1) is 27.8. The van der Waals surface area contributed by atoms with Crippen LogP contribution in [0.1, 0.15) is 43.6 Å². The van der Waals surface area contributed by atoms with Crippen LogP contribution >= 0.6 is 11.3 Å². The quantitative estimate of drug-likeness (QED) is 0.241. The topological polar surface area (TPSA) is 83.5 Å². The molecule has 0 fully saturated rings. The molecule has 0 unspecified atom stereocenters. The van der Waals surface area contributed by atoms with Gasteiger partial charge < -0.3 is 0 Å². The number of carbonyl (C=O) groups excluding carboxylic acids is 1. The van der Waals surface area contributed by atoms with Crippen LogP contribution in [-0.4, -0.2) is 41.7 Å². The minimum Gasteiger partial charge on any atom is -0.279 e. The molecule has 2 heterocycles. The van der Waals surface area contributed by atoms with Crippen molar-refractivity contribution in [1.82, 2.24) is 14.3 Å². The number of anilines is 1. The number of halogens is 1. The number of carbonyl (C=O) groups is 1. The zero-order valence-electron chi connectivity index (χ0n) is 21.8. The largest absolute Gasteiger partial charge is 0.279 e. The number of sulfonamides is 1. The summed E-state index contributed by atoms with van der Waals surface area (Å²) in [5, 5.41) is 0.343. The molecular weight excluding hydrogens is 523 g/mol. The molecule has 38 heavy (non-hydrogen) atoms. The minimum absolute atomic E-state index is 0.135. The first-order valence-electron chi connectivity index (χ1n) is 12.4. The summed E-state index contributed by atoms with van der Waals surface area (Å²) in [5.41, 5.74) is 1.28. The molecule has 10 heteroatoms. The van der Waals surface area contributed by atoms with Crippen molar-refractivity contribution in [3.05, 3.63) is 83.9 Å². The number of fused-ring (bicyclic) bond motifs is 1. The molecule has 0 aliphatic carbocycles. The molecule has 0 N–H and O–H groups in total. The van der Waals surface area contributed by atoms with Crippen LogP contribution in [0.15, 0.2) is 71.9 Å². The van der Waals surface area contributed by atoms with Gasteiger partial charge in [0.25, 0.3) is 5.91 Å². The lowest BCUT2D eigenvalue weighted by molar-refractivity contribution is 0.0985. The lowest BCUT2D eigenvalue weighted by atomic mass is 10.2. The fourth-order valence-corrected chi connectivity index (χ4v) is 6.82. The molecule has 0 atom stereocenters. The van der Waals surface area contributed by atoms with Crippen LogP contribution in [0.25, 0.3) is 10.2 Å². The molecule has 4 aromatic rings. The van der Waals surface area contributed by atoms with Gasteiger partial charge in [-0.15, -0.1) is 0 Å². The lowest BCUT2D eigenvalue weighted by Gasteiger charge is -2.26. The Hall–Kier alpha value is -3.21. The summed E-state index contributed by atoms with van der Waals surface area (Å²) < 4.78 is 43.3. The van der Waals surface area contributed by atoms with Crippen LogP contribution in [0.5, 0.6) is 0 Å². The number of nitrogens with zero attached hydrogens (tertiary/aromatic N) is 4. The summed E-state index contributed by atoms with van der Waals surface area (Å²) in [6, 6.07) is 14.3. The van der Waals surface area contributed by atoms with E-state index in [0.29, 0.717) is 28.5 Å². The first-order chi connectivity index (χ1) is 18.1. The van der Waals surface area contributed by atoms with Crippen molar-refractivity contribution in [3.63, 3.8) is 0 Å². The predicted molar refractivity (Wildman–Crippen MR) is 149 cm³/mol. The Kier molecular flexibility index (Phi) is 8.54. The highest BCUT2D eigenvalue weighted by Crippen LogP contribution is 2.32. The molecule has 0 saturated heterocycles. The maximum Gasteiger partial charge on any atom is 0.260 e. The molecule has 2 aromatic heterocycles. The van der Waals surface area contributed by atoms with Crippen molar-refractivity contribution in [1.29, 1.82) is 0 Å². The number of amides is 1. The maximum absolute atomic E-state index is 14.4. The highest BCUT2D eigenvalue weighted by atomic mass is 32.2. The fourth-order valence-electron chi connectivity index (χ4n) is 4.08. The van der Waals surface area contributed by atoms with Gasteiger partial charge in [-0.2, -0.15) is 4.31 Å². The molecule has 0 aliphatic heterocycles. The van der Waals surface area contributed by atoms with Gasteiger partial charge in [0.2, 0.25) is 10.0 Å². The zero-order valence-corrected chi connectivity index (χ0v) is 23.5. The molecule has 1 amide bonds. The zero-order chi connectivity index (χ0) is 27.4. The number of thiazole rings is 1. The van der Waals surface area contributed by atoms with Gasteiger partial charge in [-0.25, -0.2) is 17.8 Å². The summed E-state index contributed by atoms with van der Waals surface area (Å²) in [5.74, 6) is -0.493. The predicted octanol–water partition coefficient (Wildman–Crippen LogP) is 5.98. The SMILES string of the molecule is CC(C)CN(CC(C)C)S(=O)(=O)c1ccc(C(=O)N(Cc2cccnc2)c2nc3c(F)cccc3s2)cc1. The highest BCUT2D eigenvalue weighted by Gasteiger charge is 2.27. The molecule has 0 bridgehead atoms. The monoisotopic (exact) mass is 554 g/mol. The van der Waals surface area contributed by atoms with Crippen LogP contribution in [0.4, 0.5) is 9.52 Å². The first-order valence-corrected chi connectivity index (χ1v) is 14.7. The van der Waals surface area contributed by atoms with Crippen LogP contribution < -0.4 is 4.90 Å². The smallest absolute Gasteiger partial charge is 0.260 e. The van der Waals surface area contributed by atoms with Gasteiger partial charge in [-0.1, -0.05) is 51.2 Å². The van der Waals surface area contributed by atoms with Crippen molar-refractivity contribution >= 4 is 42.6 Å². The number of pyridine rings is 1. The Morgan fingerprint density at radius 3 is 2.24 bits per heavy atom. The number of rotatable bonds is 10. The van der Waals surface area contributed by atoms with Gasteiger partial charge in [0.1, 0.15) is 11.3 Å². The average Bonchev–Trinajstić information content (AvgIpc) is 3.32. The number of para-hydroxylation sites is 1. The van der Waals surface area contributed by atoms with Crippen LogP contribution in [0.2, 0.25) is 0 Å². The Bertz CT molecular complexity index is 1490. The van der Waals surface area contributed by atoms with Gasteiger partial charge in [0, 0.05) is 31.0 Å². The molecule has 0 saturated carbocycles. The second-order valence-electron chi connectivity index (χ2n) is 9.97. The molecule has 4 rings (SSSR count). The van der Waals surface area contributed by atoms with Gasteiger partial charge in [0.05, 0.1) is 16.1 Å². The molecule has 0 radical (unpaired) electrons. The van der Waals surface area contributed by atoms with E-state index in [1.807, 2.05) is 33.8 Å². The average molecular weight is 555 g/mol. The minimum atomic E-state index is -3.73. The van der Waals surface area contributed by atoms with E-state index in [1.165, 1.54) is 50.9 Å². The van der Waals surface area contributed by atoms with E-state index in [4.69, 9.17) is 0 Å². The molecule has 0 aliphatic rings. The molecule has 7 nitrogen and oxygen atoms in total. The van der Waals surface area contributed by atoms with Gasteiger partial charge >= 0.3 is 0 Å². The van der Waals surface area contributed by atoms with Crippen molar-refractivity contribution in [2.24, 2.45) is 11.8 Å².